The SMILES string of the molecule is CCC(C)C1(C(=O)O)CCN(C(=O)OC(C)(C)C)C1. The van der Waals surface area contributed by atoms with Crippen LogP contribution in [0.4, 0.5) is 4.79 Å². The highest BCUT2D eigenvalue weighted by Crippen LogP contribution is 2.40. The summed E-state index contributed by atoms with van der Waals surface area (Å²) in [5.41, 5.74) is -1.38. The van der Waals surface area contributed by atoms with Crippen LogP contribution in [0.2, 0.25) is 0 Å². The lowest BCUT2D eigenvalue weighted by Gasteiger charge is -2.31. The van der Waals surface area contributed by atoms with E-state index in [4.69, 9.17) is 4.74 Å². The van der Waals surface area contributed by atoms with Crippen molar-refractivity contribution in [2.75, 3.05) is 13.1 Å². The van der Waals surface area contributed by atoms with E-state index in [9.17, 15) is 14.7 Å². The number of carbonyl (C=O) groups excluding carboxylic acids is 1. The van der Waals surface area contributed by atoms with Crippen molar-refractivity contribution in [3.05, 3.63) is 0 Å². The van der Waals surface area contributed by atoms with Gasteiger partial charge in [-0.05, 0) is 33.1 Å². The maximum atomic E-state index is 12.0. The van der Waals surface area contributed by atoms with Crippen molar-refractivity contribution >= 4 is 12.1 Å². The predicted octanol–water partition coefficient (Wildman–Crippen LogP) is 2.74. The lowest BCUT2D eigenvalue weighted by atomic mass is 9.74. The van der Waals surface area contributed by atoms with E-state index in [1.54, 1.807) is 20.8 Å². The molecule has 0 radical (unpaired) electrons. The van der Waals surface area contributed by atoms with Gasteiger partial charge in [0.15, 0.2) is 0 Å². The summed E-state index contributed by atoms with van der Waals surface area (Å²) in [6, 6.07) is 0. The van der Waals surface area contributed by atoms with Crippen LogP contribution in [0.15, 0.2) is 0 Å². The molecule has 1 amide bonds. The summed E-state index contributed by atoms with van der Waals surface area (Å²) in [5.74, 6) is -0.773. The lowest BCUT2D eigenvalue weighted by molar-refractivity contribution is -0.151. The largest absolute Gasteiger partial charge is 0.481 e. The van der Waals surface area contributed by atoms with Gasteiger partial charge in [-0.2, -0.15) is 0 Å². The Morgan fingerprint density at radius 2 is 2.00 bits per heavy atom. The Kier molecular flexibility index (Phi) is 4.48. The van der Waals surface area contributed by atoms with Gasteiger partial charge in [0, 0.05) is 13.1 Å². The van der Waals surface area contributed by atoms with Gasteiger partial charge in [-0.15, -0.1) is 0 Å². The van der Waals surface area contributed by atoms with E-state index in [1.807, 2.05) is 13.8 Å². The van der Waals surface area contributed by atoms with E-state index in [2.05, 4.69) is 0 Å². The quantitative estimate of drug-likeness (QED) is 0.857. The maximum Gasteiger partial charge on any atom is 0.410 e. The summed E-state index contributed by atoms with van der Waals surface area (Å²) in [6.45, 7) is 10.0. The zero-order valence-corrected chi connectivity index (χ0v) is 12.5. The van der Waals surface area contributed by atoms with Crippen LogP contribution in [-0.4, -0.2) is 40.8 Å². The van der Waals surface area contributed by atoms with E-state index < -0.39 is 23.1 Å². The van der Waals surface area contributed by atoms with Gasteiger partial charge < -0.3 is 14.7 Å². The van der Waals surface area contributed by atoms with Crippen LogP contribution in [0.5, 0.6) is 0 Å². The number of hydrogen-bond acceptors (Lipinski definition) is 3. The fraction of sp³-hybridized carbons (Fsp3) is 0.857. The third-order valence-corrected chi connectivity index (χ3v) is 3.93. The molecule has 0 aromatic rings. The fourth-order valence-corrected chi connectivity index (χ4v) is 2.49. The summed E-state index contributed by atoms with van der Waals surface area (Å²) >= 11 is 0. The molecule has 1 heterocycles. The minimum absolute atomic E-state index is 0.0393. The summed E-state index contributed by atoms with van der Waals surface area (Å²) in [5, 5.41) is 9.52. The average Bonchev–Trinajstić information content (AvgIpc) is 2.71. The second-order valence-electron chi connectivity index (χ2n) is 6.42. The van der Waals surface area contributed by atoms with Gasteiger partial charge in [0.1, 0.15) is 5.60 Å². The molecule has 1 saturated heterocycles. The van der Waals surface area contributed by atoms with E-state index in [-0.39, 0.29) is 12.5 Å². The van der Waals surface area contributed by atoms with Crippen molar-refractivity contribution in [2.45, 2.75) is 53.1 Å². The number of rotatable bonds is 3. The first kappa shape index (κ1) is 15.8. The van der Waals surface area contributed by atoms with Crippen LogP contribution in [0.25, 0.3) is 0 Å². The molecule has 1 fully saturated rings. The molecule has 2 unspecified atom stereocenters. The summed E-state index contributed by atoms with van der Waals surface area (Å²) < 4.78 is 5.30. The molecule has 5 heteroatoms. The number of carboxylic acids is 1. The highest BCUT2D eigenvalue weighted by atomic mass is 16.6. The van der Waals surface area contributed by atoms with Crippen LogP contribution in [0.1, 0.15) is 47.5 Å². The van der Waals surface area contributed by atoms with E-state index in [1.165, 1.54) is 4.90 Å². The third kappa shape index (κ3) is 3.39. The third-order valence-electron chi connectivity index (χ3n) is 3.93. The van der Waals surface area contributed by atoms with Gasteiger partial charge in [0.25, 0.3) is 0 Å². The van der Waals surface area contributed by atoms with Gasteiger partial charge in [-0.25, -0.2) is 4.79 Å². The molecular weight excluding hydrogens is 246 g/mol. The fourth-order valence-electron chi connectivity index (χ4n) is 2.49. The van der Waals surface area contributed by atoms with E-state index in [0.717, 1.165) is 6.42 Å². The zero-order chi connectivity index (χ0) is 14.8. The molecule has 0 aliphatic carbocycles. The molecule has 19 heavy (non-hydrogen) atoms. The number of amides is 1. The number of likely N-dealkylation sites (tertiary alicyclic amines) is 1. The Morgan fingerprint density at radius 1 is 1.42 bits per heavy atom. The minimum atomic E-state index is -0.828. The predicted molar refractivity (Wildman–Crippen MR) is 71.9 cm³/mol. The Bertz CT molecular complexity index is 361. The second kappa shape index (κ2) is 5.39. The molecular formula is C14H25NO4. The first-order valence-electron chi connectivity index (χ1n) is 6.83. The van der Waals surface area contributed by atoms with Crippen LogP contribution in [0, 0.1) is 11.3 Å². The highest BCUT2D eigenvalue weighted by molar-refractivity contribution is 5.78. The number of hydrogen-bond donors (Lipinski definition) is 1. The normalized spacial score (nSPS) is 25.2. The molecule has 1 aliphatic heterocycles. The van der Waals surface area contributed by atoms with Crippen molar-refractivity contribution in [3.63, 3.8) is 0 Å². The Morgan fingerprint density at radius 3 is 2.42 bits per heavy atom. The van der Waals surface area contributed by atoms with Crippen molar-refractivity contribution in [2.24, 2.45) is 11.3 Å². The summed E-state index contributed by atoms with van der Waals surface area (Å²) in [7, 11) is 0. The molecule has 110 valence electrons. The number of carbonyl (C=O) groups is 2. The molecule has 0 aromatic carbocycles. The van der Waals surface area contributed by atoms with Crippen molar-refractivity contribution in [3.8, 4) is 0 Å². The molecule has 1 rings (SSSR count). The molecule has 2 atom stereocenters. The van der Waals surface area contributed by atoms with Crippen molar-refractivity contribution in [1.82, 2.24) is 4.90 Å². The molecule has 1 N–H and O–H groups in total. The topological polar surface area (TPSA) is 66.8 Å². The molecule has 0 aromatic heterocycles. The number of aliphatic carboxylic acids is 1. The smallest absolute Gasteiger partial charge is 0.410 e. The minimum Gasteiger partial charge on any atom is -0.481 e. The summed E-state index contributed by atoms with van der Waals surface area (Å²) in [4.78, 5) is 25.1. The second-order valence-corrected chi connectivity index (χ2v) is 6.42. The summed E-state index contributed by atoms with van der Waals surface area (Å²) in [6.07, 6.45) is 0.865. The lowest BCUT2D eigenvalue weighted by Crippen LogP contribution is -2.42. The number of carboxylic acid groups (broad SMARTS) is 1. The maximum absolute atomic E-state index is 12.0. The molecule has 1 aliphatic rings. The van der Waals surface area contributed by atoms with Gasteiger partial charge in [-0.1, -0.05) is 20.3 Å². The number of ether oxygens (including phenoxy) is 1. The van der Waals surface area contributed by atoms with E-state index >= 15 is 0 Å². The van der Waals surface area contributed by atoms with Crippen LogP contribution >= 0.6 is 0 Å². The van der Waals surface area contributed by atoms with Crippen molar-refractivity contribution < 1.29 is 19.4 Å². The van der Waals surface area contributed by atoms with E-state index in [0.29, 0.717) is 13.0 Å². The van der Waals surface area contributed by atoms with Gasteiger partial charge in [-0.3, -0.25) is 4.79 Å². The first-order valence-corrected chi connectivity index (χ1v) is 6.83. The molecule has 0 bridgehead atoms. The molecule has 0 saturated carbocycles. The van der Waals surface area contributed by atoms with Crippen molar-refractivity contribution in [1.29, 1.82) is 0 Å². The standard InChI is InChI=1S/C14H25NO4/c1-6-10(2)14(11(16)17)7-8-15(9-14)12(18)19-13(3,4)5/h10H,6-9H2,1-5H3,(H,16,17). The Balaban J connectivity index is 2.80. The zero-order valence-electron chi connectivity index (χ0n) is 12.5. The first-order chi connectivity index (χ1) is 8.62. The van der Waals surface area contributed by atoms with Gasteiger partial charge in [0.05, 0.1) is 5.41 Å². The Hall–Kier alpha value is -1.26. The molecule has 0 spiro atoms. The average molecular weight is 271 g/mol. The number of nitrogens with zero attached hydrogens (tertiary/aromatic N) is 1. The van der Waals surface area contributed by atoms with Crippen LogP contribution in [-0.2, 0) is 9.53 Å². The van der Waals surface area contributed by atoms with Gasteiger partial charge in [0.2, 0.25) is 0 Å². The van der Waals surface area contributed by atoms with Gasteiger partial charge >= 0.3 is 12.1 Å². The Labute approximate surface area is 114 Å². The van der Waals surface area contributed by atoms with Crippen LogP contribution in [0.3, 0.4) is 0 Å². The highest BCUT2D eigenvalue weighted by Gasteiger charge is 2.50. The monoisotopic (exact) mass is 271 g/mol. The van der Waals surface area contributed by atoms with Crippen LogP contribution < -0.4 is 0 Å². The molecule has 5 nitrogen and oxygen atoms in total.